The summed E-state index contributed by atoms with van der Waals surface area (Å²) in [6.45, 7) is 4.38. The molecule has 0 amide bonds. The van der Waals surface area contributed by atoms with Crippen molar-refractivity contribution in [3.8, 4) is 17.1 Å². The zero-order chi connectivity index (χ0) is 19.5. The van der Waals surface area contributed by atoms with E-state index < -0.39 is 0 Å². The van der Waals surface area contributed by atoms with Crippen molar-refractivity contribution in [1.82, 2.24) is 19.9 Å². The second kappa shape index (κ2) is 7.90. The summed E-state index contributed by atoms with van der Waals surface area (Å²) in [4.78, 5) is 18.3. The molecule has 0 saturated heterocycles. The largest absolute Gasteiger partial charge is 0.497 e. The Kier molecular flexibility index (Phi) is 5.16. The number of aromatic nitrogens is 4. The fourth-order valence-electron chi connectivity index (χ4n) is 2.93. The molecular formula is C21H21N5OS. The molecule has 0 saturated carbocycles. The lowest BCUT2D eigenvalue weighted by molar-refractivity contribution is 0.415. The minimum absolute atomic E-state index is 0.566. The fourth-order valence-corrected chi connectivity index (χ4v) is 3.65. The first kappa shape index (κ1) is 18.3. The van der Waals surface area contributed by atoms with Gasteiger partial charge in [-0.05, 0) is 42.7 Å². The Morgan fingerprint density at radius 2 is 2.04 bits per heavy atom. The summed E-state index contributed by atoms with van der Waals surface area (Å²) in [5.74, 6) is 2.64. The number of benzene rings is 1. The van der Waals surface area contributed by atoms with Crippen molar-refractivity contribution < 1.29 is 4.74 Å². The molecule has 3 aromatic heterocycles. The highest BCUT2D eigenvalue weighted by Crippen LogP contribution is 2.31. The average molecular weight is 392 g/mol. The van der Waals surface area contributed by atoms with Gasteiger partial charge in [0.05, 0.1) is 18.3 Å². The number of methoxy groups -OCH3 is 1. The second-order valence-electron chi connectivity index (χ2n) is 6.89. The number of fused-ring (bicyclic) bond motifs is 1. The van der Waals surface area contributed by atoms with E-state index in [1.54, 1.807) is 30.8 Å². The van der Waals surface area contributed by atoms with Gasteiger partial charge >= 0.3 is 0 Å². The van der Waals surface area contributed by atoms with Gasteiger partial charge < -0.3 is 10.1 Å². The lowest BCUT2D eigenvalue weighted by atomic mass is 10.1. The van der Waals surface area contributed by atoms with Crippen molar-refractivity contribution in [2.45, 2.75) is 20.3 Å². The van der Waals surface area contributed by atoms with E-state index in [2.05, 4.69) is 29.5 Å². The summed E-state index contributed by atoms with van der Waals surface area (Å²) >= 11 is 1.58. The third-order valence-electron chi connectivity index (χ3n) is 4.22. The minimum atomic E-state index is 0.566. The maximum atomic E-state index is 5.38. The lowest BCUT2D eigenvalue weighted by Gasteiger charge is -2.10. The number of hydrogen-bond acceptors (Lipinski definition) is 7. The predicted molar refractivity (Wildman–Crippen MR) is 113 cm³/mol. The average Bonchev–Trinajstić information content (AvgIpc) is 3.14. The first-order chi connectivity index (χ1) is 13.6. The number of ether oxygens (including phenoxy) is 1. The molecular weight excluding hydrogens is 370 g/mol. The van der Waals surface area contributed by atoms with Gasteiger partial charge in [0.1, 0.15) is 11.6 Å². The normalized spacial score (nSPS) is 11.1. The summed E-state index contributed by atoms with van der Waals surface area (Å²) in [5, 5.41) is 7.17. The van der Waals surface area contributed by atoms with Crippen LogP contribution in [-0.4, -0.2) is 27.0 Å². The highest BCUT2D eigenvalue weighted by molar-refractivity contribution is 7.13. The van der Waals surface area contributed by atoms with Crippen LogP contribution in [-0.2, 0) is 6.42 Å². The van der Waals surface area contributed by atoms with E-state index in [4.69, 9.17) is 19.7 Å². The molecule has 4 rings (SSSR count). The van der Waals surface area contributed by atoms with Crippen LogP contribution < -0.4 is 10.1 Å². The van der Waals surface area contributed by atoms with Crippen molar-refractivity contribution in [1.29, 1.82) is 0 Å². The monoisotopic (exact) mass is 391 g/mol. The smallest absolute Gasteiger partial charge is 0.188 e. The molecule has 0 aliphatic rings. The molecule has 28 heavy (non-hydrogen) atoms. The molecule has 0 bridgehead atoms. The fraction of sp³-hybridized carbons (Fsp3) is 0.238. The van der Waals surface area contributed by atoms with E-state index in [1.165, 1.54) is 0 Å². The Bertz CT molecular complexity index is 1090. The topological polar surface area (TPSA) is 72.8 Å². The number of rotatable bonds is 6. The van der Waals surface area contributed by atoms with Crippen LogP contribution in [0.15, 0.2) is 48.1 Å². The molecule has 0 radical (unpaired) electrons. The van der Waals surface area contributed by atoms with Gasteiger partial charge in [-0.2, -0.15) is 0 Å². The van der Waals surface area contributed by atoms with Gasteiger partial charge in [0.25, 0.3) is 0 Å². The summed E-state index contributed by atoms with van der Waals surface area (Å²) < 4.78 is 5.38. The maximum absolute atomic E-state index is 5.38. The van der Waals surface area contributed by atoms with Gasteiger partial charge in [0.2, 0.25) is 0 Å². The number of nitrogens with one attached hydrogen (secondary N) is 1. The molecule has 0 aliphatic carbocycles. The molecule has 0 unspecified atom stereocenters. The maximum Gasteiger partial charge on any atom is 0.188 e. The number of anilines is 2. The zero-order valence-corrected chi connectivity index (χ0v) is 16.8. The van der Waals surface area contributed by atoms with Gasteiger partial charge in [-0.25, -0.2) is 15.0 Å². The summed E-state index contributed by atoms with van der Waals surface area (Å²) in [6.07, 6.45) is 4.45. The summed E-state index contributed by atoms with van der Waals surface area (Å²) in [6, 6.07) is 9.60. The van der Waals surface area contributed by atoms with Crippen molar-refractivity contribution >= 4 is 33.2 Å². The Morgan fingerprint density at radius 3 is 2.79 bits per heavy atom. The van der Waals surface area contributed by atoms with Crippen LogP contribution >= 0.6 is 11.3 Å². The first-order valence-corrected chi connectivity index (χ1v) is 9.98. The standard InChI is InChI=1S/C21H21N5OS/c1-13(2)9-15-12-28-21(23-15)26-20-17-10-16(27-3)6-7-18(17)24-19(25-20)14-5-4-8-22-11-14/h4-8,10-13H,9H2,1-3H3,(H,23,24,25,26). The van der Waals surface area contributed by atoms with Gasteiger partial charge in [-0.3, -0.25) is 4.98 Å². The van der Waals surface area contributed by atoms with Gasteiger partial charge in [-0.1, -0.05) is 13.8 Å². The molecule has 6 nitrogen and oxygen atoms in total. The Labute approximate surface area is 167 Å². The van der Waals surface area contributed by atoms with Crippen molar-refractivity contribution in [2.75, 3.05) is 12.4 Å². The Hall–Kier alpha value is -3.06. The molecule has 7 heteroatoms. The number of thiazole rings is 1. The van der Waals surface area contributed by atoms with Crippen LogP contribution in [0.3, 0.4) is 0 Å². The third-order valence-corrected chi connectivity index (χ3v) is 5.02. The number of hydrogen-bond donors (Lipinski definition) is 1. The Balaban J connectivity index is 1.78. The van der Waals surface area contributed by atoms with Gasteiger partial charge in [-0.15, -0.1) is 11.3 Å². The third kappa shape index (κ3) is 3.94. The van der Waals surface area contributed by atoms with Crippen LogP contribution in [0.2, 0.25) is 0 Å². The quantitative estimate of drug-likeness (QED) is 0.493. The minimum Gasteiger partial charge on any atom is -0.497 e. The summed E-state index contributed by atoms with van der Waals surface area (Å²) in [7, 11) is 1.65. The van der Waals surface area contributed by atoms with E-state index in [0.29, 0.717) is 17.6 Å². The SMILES string of the molecule is COc1ccc2nc(-c3cccnc3)nc(Nc3nc(CC(C)C)cs3)c2c1. The molecule has 1 N–H and O–H groups in total. The van der Waals surface area contributed by atoms with Crippen LogP contribution in [0.1, 0.15) is 19.5 Å². The van der Waals surface area contributed by atoms with E-state index in [0.717, 1.165) is 39.5 Å². The second-order valence-corrected chi connectivity index (χ2v) is 7.75. The van der Waals surface area contributed by atoms with Crippen LogP contribution in [0.4, 0.5) is 10.9 Å². The molecule has 1 aromatic carbocycles. The molecule has 0 fully saturated rings. The summed E-state index contributed by atoms with van der Waals surface area (Å²) in [5.41, 5.74) is 2.78. The molecule has 0 aliphatic heterocycles. The predicted octanol–water partition coefficient (Wildman–Crippen LogP) is 5.10. The van der Waals surface area contributed by atoms with Crippen LogP contribution in [0, 0.1) is 5.92 Å². The van der Waals surface area contributed by atoms with Crippen molar-refractivity contribution in [3.05, 3.63) is 53.8 Å². The first-order valence-electron chi connectivity index (χ1n) is 9.10. The van der Waals surface area contributed by atoms with Gasteiger partial charge in [0.15, 0.2) is 11.0 Å². The van der Waals surface area contributed by atoms with E-state index >= 15 is 0 Å². The molecule has 3 heterocycles. The Morgan fingerprint density at radius 1 is 1.14 bits per heavy atom. The molecule has 0 spiro atoms. The van der Waals surface area contributed by atoms with Crippen molar-refractivity contribution in [2.24, 2.45) is 5.92 Å². The highest BCUT2D eigenvalue weighted by atomic mass is 32.1. The van der Waals surface area contributed by atoms with E-state index in [-0.39, 0.29) is 0 Å². The van der Waals surface area contributed by atoms with E-state index in [9.17, 15) is 0 Å². The van der Waals surface area contributed by atoms with Crippen LogP contribution in [0.25, 0.3) is 22.3 Å². The number of nitrogens with zero attached hydrogens (tertiary/aromatic N) is 4. The molecule has 142 valence electrons. The number of pyridine rings is 1. The van der Waals surface area contributed by atoms with Crippen LogP contribution in [0.5, 0.6) is 5.75 Å². The van der Waals surface area contributed by atoms with Crippen molar-refractivity contribution in [3.63, 3.8) is 0 Å². The van der Waals surface area contributed by atoms with Gasteiger partial charge in [0, 0.05) is 28.7 Å². The molecule has 0 atom stereocenters. The lowest BCUT2D eigenvalue weighted by Crippen LogP contribution is -2.00. The van der Waals surface area contributed by atoms with E-state index in [1.807, 2.05) is 30.3 Å². The zero-order valence-electron chi connectivity index (χ0n) is 16.0. The highest BCUT2D eigenvalue weighted by Gasteiger charge is 2.13. The molecule has 4 aromatic rings.